The van der Waals surface area contributed by atoms with Gasteiger partial charge in [0, 0.05) is 44.3 Å². The number of carbonyl (C=O) groups excluding carboxylic acids is 1. The lowest BCUT2D eigenvalue weighted by atomic mass is 9.69. The minimum Gasteiger partial charge on any atom is -0.476 e. The number of pyridine rings is 2. The van der Waals surface area contributed by atoms with Gasteiger partial charge in [-0.25, -0.2) is 13.9 Å². The van der Waals surface area contributed by atoms with Gasteiger partial charge in [-0.2, -0.15) is 4.98 Å². The average molecular weight is 574 g/mol. The number of carbonyl (C=O) groups is 1. The highest BCUT2D eigenvalue weighted by atomic mass is 32.2. The highest BCUT2D eigenvalue weighted by Gasteiger charge is 2.46. The molecule has 1 atom stereocenters. The maximum atomic E-state index is 12.1. The number of esters is 1. The minimum atomic E-state index is -2.32. The molecule has 0 spiro atoms. The zero-order chi connectivity index (χ0) is 28.2. The molecule has 1 aliphatic rings. The minimum absolute atomic E-state index is 0.0389. The Bertz CT molecular complexity index is 1340. The van der Waals surface area contributed by atoms with Crippen LogP contribution in [0.3, 0.4) is 0 Å². The number of ether oxygens (including phenoxy) is 3. The third-order valence-corrected chi connectivity index (χ3v) is 9.14. The van der Waals surface area contributed by atoms with Crippen molar-refractivity contribution in [2.75, 3.05) is 20.3 Å². The van der Waals surface area contributed by atoms with E-state index < -0.39 is 24.6 Å². The largest absolute Gasteiger partial charge is 0.476 e. The van der Waals surface area contributed by atoms with Crippen LogP contribution in [0.5, 0.6) is 5.88 Å². The van der Waals surface area contributed by atoms with Crippen LogP contribution in [0.25, 0.3) is 22.6 Å². The van der Waals surface area contributed by atoms with Crippen molar-refractivity contribution in [3.05, 3.63) is 36.2 Å². The molecule has 1 N–H and O–H groups in total. The van der Waals surface area contributed by atoms with Crippen LogP contribution >= 0.6 is 0 Å². The van der Waals surface area contributed by atoms with E-state index in [-0.39, 0.29) is 30.3 Å². The Balaban J connectivity index is 1.44. The second-order valence-corrected chi connectivity index (χ2v) is 17.5. The summed E-state index contributed by atoms with van der Waals surface area (Å²) in [5.74, 6) is 0.448. The quantitative estimate of drug-likeness (QED) is 0.144. The summed E-state index contributed by atoms with van der Waals surface area (Å²) in [6, 6.07) is 6.44. The fourth-order valence-electron chi connectivity index (χ4n) is 4.22. The van der Waals surface area contributed by atoms with E-state index in [1.54, 1.807) is 18.5 Å². The Morgan fingerprint density at radius 2 is 1.97 bits per heavy atom. The maximum Gasteiger partial charge on any atom is 0.315 e. The molecule has 0 radical (unpaired) electrons. The van der Waals surface area contributed by atoms with E-state index >= 15 is 0 Å². The van der Waals surface area contributed by atoms with Gasteiger partial charge in [-0.3, -0.25) is 14.3 Å². The molecule has 1 fully saturated rings. The summed E-state index contributed by atoms with van der Waals surface area (Å²) in [6.07, 6.45) is 5.88. The van der Waals surface area contributed by atoms with Crippen LogP contribution in [-0.2, 0) is 32.1 Å². The normalized spacial score (nSPS) is 15.4. The third-order valence-electron chi connectivity index (χ3n) is 6.82. The summed E-state index contributed by atoms with van der Waals surface area (Å²) in [5.41, 5.74) is 2.53. The zero-order valence-corrected chi connectivity index (χ0v) is 24.8. The molecule has 0 aliphatic heterocycles. The third kappa shape index (κ3) is 6.96. The Kier molecular flexibility index (Phi) is 8.94. The van der Waals surface area contributed by atoms with Crippen LogP contribution < -0.4 is 4.74 Å². The Labute approximate surface area is 231 Å². The van der Waals surface area contributed by atoms with E-state index in [1.165, 1.54) is 11.8 Å². The summed E-state index contributed by atoms with van der Waals surface area (Å²) < 4.78 is 39.3. The summed E-state index contributed by atoms with van der Waals surface area (Å²) in [7, 11) is 0.147. The van der Waals surface area contributed by atoms with Gasteiger partial charge < -0.3 is 14.2 Å². The first-order valence-electron chi connectivity index (χ1n) is 12.8. The first-order chi connectivity index (χ1) is 18.5. The van der Waals surface area contributed by atoms with E-state index in [1.807, 2.05) is 19.1 Å². The molecule has 3 aromatic rings. The molecule has 0 bridgehead atoms. The number of aromatic nitrogens is 5. The molecular formula is C26H35N5O6SSi. The predicted octanol–water partition coefficient (Wildman–Crippen LogP) is 4.33. The molecule has 4 rings (SSSR count). The van der Waals surface area contributed by atoms with Crippen molar-refractivity contribution < 1.29 is 27.8 Å². The van der Waals surface area contributed by atoms with Gasteiger partial charge in [0.1, 0.15) is 24.4 Å². The lowest BCUT2D eigenvalue weighted by Gasteiger charge is -2.38. The second kappa shape index (κ2) is 12.0. The lowest BCUT2D eigenvalue weighted by Crippen LogP contribution is -2.44. The van der Waals surface area contributed by atoms with Crippen molar-refractivity contribution in [3.8, 4) is 28.5 Å². The molecular weight excluding hydrogens is 538 g/mol. The van der Waals surface area contributed by atoms with E-state index in [2.05, 4.69) is 39.7 Å². The molecule has 39 heavy (non-hydrogen) atoms. The fraction of sp³-hybridized carbons (Fsp3) is 0.500. The molecule has 1 saturated carbocycles. The van der Waals surface area contributed by atoms with Crippen molar-refractivity contribution in [2.45, 2.75) is 63.8 Å². The van der Waals surface area contributed by atoms with Crippen molar-refractivity contribution in [1.29, 1.82) is 0 Å². The van der Waals surface area contributed by atoms with Gasteiger partial charge in [-0.15, -0.1) is 5.10 Å². The van der Waals surface area contributed by atoms with Gasteiger partial charge >= 0.3 is 5.97 Å². The van der Waals surface area contributed by atoms with Crippen LogP contribution in [0.15, 0.2) is 35.7 Å². The highest BCUT2D eigenvalue weighted by Crippen LogP contribution is 2.42. The Morgan fingerprint density at radius 3 is 2.54 bits per heavy atom. The maximum absolute atomic E-state index is 12.1. The van der Waals surface area contributed by atoms with Crippen LogP contribution in [0.2, 0.25) is 25.7 Å². The Hall–Kier alpha value is -3.00. The SMILES string of the molecule is COC(=O)C1(COc2cc(C)c(-c3ccc(-c4nc(S(=O)O)n(COCC[Si](C)(C)C)n4)nc3)cn2)CCC1. The topological polar surface area (TPSA) is 139 Å². The van der Waals surface area contributed by atoms with Crippen molar-refractivity contribution in [3.63, 3.8) is 0 Å². The molecule has 13 heteroatoms. The summed E-state index contributed by atoms with van der Waals surface area (Å²) in [5, 5.41) is 4.26. The van der Waals surface area contributed by atoms with Crippen molar-refractivity contribution >= 4 is 25.1 Å². The Morgan fingerprint density at radius 1 is 1.21 bits per heavy atom. The van der Waals surface area contributed by atoms with Crippen LogP contribution in [-0.4, -0.2) is 67.9 Å². The summed E-state index contributed by atoms with van der Waals surface area (Å²) in [6.45, 7) is 9.55. The number of hydrogen-bond donors (Lipinski definition) is 1. The van der Waals surface area contributed by atoms with Gasteiger partial charge in [0.15, 0.2) is 0 Å². The van der Waals surface area contributed by atoms with Gasteiger partial charge in [0.25, 0.3) is 0 Å². The standard InChI is InChI=1S/C26H35N5O6SSi/c1-18-13-22(37-16-26(9-6-10-26)24(32)35-2)28-15-20(18)19-7-8-21(27-14-19)23-29-25(38(33)34)31(30-23)17-36-11-12-39(3,4)5/h7-8,13-15H,6,9-12,16-17H2,1-5H3,(H,33,34). The molecule has 1 aliphatic carbocycles. The summed E-state index contributed by atoms with van der Waals surface area (Å²) >= 11 is -2.32. The molecule has 3 aromatic heterocycles. The van der Waals surface area contributed by atoms with Gasteiger partial charge in [0.05, 0.1) is 7.11 Å². The van der Waals surface area contributed by atoms with Crippen molar-refractivity contribution in [1.82, 2.24) is 24.7 Å². The second-order valence-electron chi connectivity index (χ2n) is 11.0. The van der Waals surface area contributed by atoms with Crippen LogP contribution in [0.4, 0.5) is 0 Å². The molecule has 0 amide bonds. The first kappa shape index (κ1) is 29.0. The van der Waals surface area contributed by atoms with E-state index in [4.69, 9.17) is 14.2 Å². The van der Waals surface area contributed by atoms with E-state index in [0.29, 0.717) is 18.2 Å². The number of hydrogen-bond acceptors (Lipinski definition) is 9. The predicted molar refractivity (Wildman–Crippen MR) is 148 cm³/mol. The molecule has 3 heterocycles. The smallest absolute Gasteiger partial charge is 0.315 e. The number of aryl methyl sites for hydroxylation is 1. The first-order valence-corrected chi connectivity index (χ1v) is 17.6. The van der Waals surface area contributed by atoms with Crippen LogP contribution in [0.1, 0.15) is 24.8 Å². The molecule has 0 saturated heterocycles. The van der Waals surface area contributed by atoms with E-state index in [0.717, 1.165) is 42.0 Å². The number of rotatable bonds is 12. The van der Waals surface area contributed by atoms with Crippen molar-refractivity contribution in [2.24, 2.45) is 5.41 Å². The van der Waals surface area contributed by atoms with Crippen LogP contribution in [0, 0.1) is 12.3 Å². The monoisotopic (exact) mass is 573 g/mol. The molecule has 0 aromatic carbocycles. The highest BCUT2D eigenvalue weighted by molar-refractivity contribution is 7.79. The molecule has 1 unspecified atom stereocenters. The van der Waals surface area contributed by atoms with Gasteiger partial charge in [0.2, 0.25) is 27.9 Å². The molecule has 11 nitrogen and oxygen atoms in total. The summed E-state index contributed by atoms with van der Waals surface area (Å²) in [4.78, 5) is 25.3. The molecule has 210 valence electrons. The van der Waals surface area contributed by atoms with E-state index in [9.17, 15) is 13.6 Å². The lowest BCUT2D eigenvalue weighted by molar-refractivity contribution is -0.161. The number of nitrogens with zero attached hydrogens (tertiary/aromatic N) is 5. The average Bonchev–Trinajstić information content (AvgIpc) is 3.30. The number of methoxy groups -OCH3 is 1. The van der Waals surface area contributed by atoms with Gasteiger partial charge in [-0.1, -0.05) is 32.1 Å². The van der Waals surface area contributed by atoms with Gasteiger partial charge in [-0.05, 0) is 37.4 Å². The fourth-order valence-corrected chi connectivity index (χ4v) is 5.41. The zero-order valence-electron chi connectivity index (χ0n) is 23.0.